The van der Waals surface area contributed by atoms with Crippen LogP contribution in [0.2, 0.25) is 5.02 Å². The van der Waals surface area contributed by atoms with Gasteiger partial charge >= 0.3 is 0 Å². The van der Waals surface area contributed by atoms with E-state index in [1.807, 2.05) is 29.1 Å². The molecule has 0 spiro atoms. The molecule has 0 aliphatic rings. The Bertz CT molecular complexity index is 551. The molecule has 1 aromatic carbocycles. The normalized spacial score (nSPS) is 11.0. The molecule has 1 heterocycles. The molecule has 0 aliphatic carbocycles. The zero-order chi connectivity index (χ0) is 13.8. The quantitative estimate of drug-likeness (QED) is 0.912. The molecule has 0 saturated heterocycles. The molecule has 1 aromatic heterocycles. The number of halogens is 1. The van der Waals surface area contributed by atoms with Gasteiger partial charge in [-0.05, 0) is 38.4 Å². The zero-order valence-electron chi connectivity index (χ0n) is 11.1. The van der Waals surface area contributed by atoms with Gasteiger partial charge < -0.3 is 10.5 Å². The Labute approximate surface area is 118 Å². The third-order valence-corrected chi connectivity index (χ3v) is 3.09. The summed E-state index contributed by atoms with van der Waals surface area (Å²) < 4.78 is 7.69. The Morgan fingerprint density at radius 1 is 1.42 bits per heavy atom. The summed E-state index contributed by atoms with van der Waals surface area (Å²) in [6.07, 6.45) is 4.28. The fraction of sp³-hybridized carbons (Fsp3) is 0.357. The van der Waals surface area contributed by atoms with Crippen molar-refractivity contribution in [2.24, 2.45) is 5.73 Å². The fourth-order valence-corrected chi connectivity index (χ4v) is 2.03. The van der Waals surface area contributed by atoms with Crippen LogP contribution in [0.25, 0.3) is 0 Å². The number of nitrogens with two attached hydrogens (primary N) is 1. The van der Waals surface area contributed by atoms with Crippen molar-refractivity contribution in [1.82, 2.24) is 9.78 Å². The molecule has 0 aliphatic heterocycles. The van der Waals surface area contributed by atoms with E-state index in [1.165, 1.54) is 0 Å². The predicted octanol–water partition coefficient (Wildman–Crippen LogP) is 3.41. The molecule has 0 atom stereocenters. The smallest absolute Gasteiger partial charge is 0.165 e. The molecule has 102 valence electrons. The van der Waals surface area contributed by atoms with Crippen LogP contribution < -0.4 is 10.5 Å². The monoisotopic (exact) mass is 279 g/mol. The van der Waals surface area contributed by atoms with E-state index in [0.29, 0.717) is 29.1 Å². The Balaban J connectivity index is 2.26. The second-order valence-corrected chi connectivity index (χ2v) is 5.03. The topological polar surface area (TPSA) is 53.1 Å². The van der Waals surface area contributed by atoms with E-state index in [4.69, 9.17) is 22.1 Å². The molecule has 2 rings (SSSR count). The van der Waals surface area contributed by atoms with E-state index in [0.717, 1.165) is 12.0 Å². The van der Waals surface area contributed by atoms with Crippen LogP contribution in [0.1, 0.15) is 25.5 Å². The number of hydrogen-bond donors (Lipinski definition) is 1. The molecular formula is C14H18ClN3O. The zero-order valence-corrected chi connectivity index (χ0v) is 11.9. The van der Waals surface area contributed by atoms with Gasteiger partial charge in [-0.1, -0.05) is 23.7 Å². The maximum absolute atomic E-state index is 6.19. The van der Waals surface area contributed by atoms with Crippen molar-refractivity contribution in [2.75, 3.05) is 6.54 Å². The van der Waals surface area contributed by atoms with Crippen molar-refractivity contribution >= 4 is 11.6 Å². The maximum atomic E-state index is 6.19. The van der Waals surface area contributed by atoms with Crippen LogP contribution in [-0.2, 0) is 6.42 Å². The van der Waals surface area contributed by atoms with Crippen molar-refractivity contribution in [1.29, 1.82) is 0 Å². The Morgan fingerprint density at radius 2 is 2.21 bits per heavy atom. The minimum absolute atomic E-state index is 0.298. The molecule has 0 unspecified atom stereocenters. The summed E-state index contributed by atoms with van der Waals surface area (Å²) in [5.74, 6) is 1.35. The van der Waals surface area contributed by atoms with Gasteiger partial charge in [-0.25, -0.2) is 0 Å². The average Bonchev–Trinajstić information content (AvgIpc) is 2.82. The summed E-state index contributed by atoms with van der Waals surface area (Å²) in [4.78, 5) is 0. The van der Waals surface area contributed by atoms with E-state index in [-0.39, 0.29) is 0 Å². The van der Waals surface area contributed by atoms with Crippen molar-refractivity contribution in [2.45, 2.75) is 26.3 Å². The standard InChI is InChI=1S/C14H18ClN3O/c1-10(2)18-9-12(8-17-18)19-14-11(6-7-16)4-3-5-13(14)15/h3-5,8-10H,6-7,16H2,1-2H3. The molecule has 0 saturated carbocycles. The number of para-hydroxylation sites is 1. The summed E-state index contributed by atoms with van der Waals surface area (Å²) in [6.45, 7) is 4.68. The molecule has 5 heteroatoms. The lowest BCUT2D eigenvalue weighted by Gasteiger charge is -2.11. The van der Waals surface area contributed by atoms with Crippen LogP contribution >= 0.6 is 11.6 Å². The third-order valence-electron chi connectivity index (χ3n) is 2.79. The molecule has 2 aromatic rings. The second-order valence-electron chi connectivity index (χ2n) is 4.62. The van der Waals surface area contributed by atoms with E-state index >= 15 is 0 Å². The van der Waals surface area contributed by atoms with E-state index in [2.05, 4.69) is 18.9 Å². The van der Waals surface area contributed by atoms with E-state index < -0.39 is 0 Å². The first-order valence-corrected chi connectivity index (χ1v) is 6.69. The Kier molecular flexibility index (Phi) is 4.45. The van der Waals surface area contributed by atoms with Gasteiger partial charge in [0, 0.05) is 6.04 Å². The van der Waals surface area contributed by atoms with Crippen molar-refractivity contribution in [3.8, 4) is 11.5 Å². The van der Waals surface area contributed by atoms with Gasteiger partial charge in [-0.3, -0.25) is 4.68 Å². The predicted molar refractivity (Wildman–Crippen MR) is 76.9 cm³/mol. The van der Waals surface area contributed by atoms with E-state index in [1.54, 1.807) is 6.20 Å². The van der Waals surface area contributed by atoms with Gasteiger partial charge in [-0.15, -0.1) is 0 Å². The number of nitrogens with zero attached hydrogens (tertiary/aromatic N) is 2. The Morgan fingerprint density at radius 3 is 2.84 bits per heavy atom. The number of ether oxygens (including phenoxy) is 1. The first-order chi connectivity index (χ1) is 9.11. The first kappa shape index (κ1) is 13.9. The first-order valence-electron chi connectivity index (χ1n) is 6.31. The minimum atomic E-state index is 0.298. The van der Waals surface area contributed by atoms with Gasteiger partial charge in [0.2, 0.25) is 0 Å². The third kappa shape index (κ3) is 3.28. The highest BCUT2D eigenvalue weighted by Gasteiger charge is 2.11. The molecular weight excluding hydrogens is 262 g/mol. The number of benzene rings is 1. The van der Waals surface area contributed by atoms with Crippen LogP contribution in [0.5, 0.6) is 11.5 Å². The van der Waals surface area contributed by atoms with Crippen LogP contribution in [0.3, 0.4) is 0 Å². The summed E-state index contributed by atoms with van der Waals surface area (Å²) >= 11 is 6.19. The van der Waals surface area contributed by atoms with Crippen LogP contribution in [-0.4, -0.2) is 16.3 Å². The van der Waals surface area contributed by atoms with Crippen LogP contribution in [0.4, 0.5) is 0 Å². The Hall–Kier alpha value is -1.52. The SMILES string of the molecule is CC(C)n1cc(Oc2c(Cl)cccc2CCN)cn1. The molecule has 4 nitrogen and oxygen atoms in total. The second kappa shape index (κ2) is 6.08. The summed E-state index contributed by atoms with van der Waals surface area (Å²) in [7, 11) is 0. The van der Waals surface area contributed by atoms with Crippen molar-refractivity contribution in [3.05, 3.63) is 41.2 Å². The highest BCUT2D eigenvalue weighted by molar-refractivity contribution is 6.32. The molecule has 2 N–H and O–H groups in total. The van der Waals surface area contributed by atoms with Gasteiger partial charge in [-0.2, -0.15) is 5.10 Å². The molecule has 0 fully saturated rings. The average molecular weight is 280 g/mol. The highest BCUT2D eigenvalue weighted by Crippen LogP contribution is 2.33. The van der Waals surface area contributed by atoms with Crippen LogP contribution in [0, 0.1) is 0 Å². The lowest BCUT2D eigenvalue weighted by Crippen LogP contribution is -2.04. The van der Waals surface area contributed by atoms with Gasteiger partial charge in [0.15, 0.2) is 5.75 Å². The summed E-state index contributed by atoms with van der Waals surface area (Å²) in [5.41, 5.74) is 6.61. The summed E-state index contributed by atoms with van der Waals surface area (Å²) in [6, 6.07) is 5.98. The molecule has 19 heavy (non-hydrogen) atoms. The molecule has 0 bridgehead atoms. The maximum Gasteiger partial charge on any atom is 0.165 e. The van der Waals surface area contributed by atoms with Gasteiger partial charge in [0.05, 0.1) is 17.4 Å². The van der Waals surface area contributed by atoms with Gasteiger partial charge in [0.25, 0.3) is 0 Å². The van der Waals surface area contributed by atoms with Crippen molar-refractivity contribution in [3.63, 3.8) is 0 Å². The number of rotatable bonds is 5. The highest BCUT2D eigenvalue weighted by atomic mass is 35.5. The summed E-state index contributed by atoms with van der Waals surface area (Å²) in [5, 5.41) is 4.83. The minimum Gasteiger partial charge on any atom is -0.452 e. The van der Waals surface area contributed by atoms with Gasteiger partial charge in [0.1, 0.15) is 5.75 Å². The lowest BCUT2D eigenvalue weighted by atomic mass is 10.1. The van der Waals surface area contributed by atoms with Crippen molar-refractivity contribution < 1.29 is 4.74 Å². The van der Waals surface area contributed by atoms with Crippen LogP contribution in [0.15, 0.2) is 30.6 Å². The fourth-order valence-electron chi connectivity index (χ4n) is 1.79. The molecule has 0 radical (unpaired) electrons. The largest absolute Gasteiger partial charge is 0.452 e. The number of hydrogen-bond acceptors (Lipinski definition) is 3. The number of aromatic nitrogens is 2. The lowest BCUT2D eigenvalue weighted by molar-refractivity contribution is 0.471. The molecule has 0 amide bonds. The van der Waals surface area contributed by atoms with E-state index in [9.17, 15) is 0 Å².